The Morgan fingerprint density at radius 3 is 2.44 bits per heavy atom. The van der Waals surface area contributed by atoms with Crippen molar-refractivity contribution in [1.82, 2.24) is 20.1 Å². The predicted octanol–water partition coefficient (Wildman–Crippen LogP) is 3.62. The fourth-order valence-electron chi connectivity index (χ4n) is 2.86. The largest absolute Gasteiger partial charge is 0.352 e. The zero-order valence-electron chi connectivity index (χ0n) is 15.2. The fourth-order valence-corrected chi connectivity index (χ4v) is 3.76. The van der Waals surface area contributed by atoms with E-state index in [1.54, 1.807) is 0 Å². The first kappa shape index (κ1) is 17.8. The standard InChI is InChI=1S/C21H22N4OS/c1-15(20(26)22-17-12-13-17)27-21-24-23-19(14-16-8-4-2-5-9-16)25(21)18-10-6-3-7-11-18/h2-11,15,17H,12-14H2,1H3,(H,22,26). The van der Waals surface area contributed by atoms with Gasteiger partial charge in [0.1, 0.15) is 5.82 Å². The number of para-hydroxylation sites is 1. The van der Waals surface area contributed by atoms with E-state index in [2.05, 4.69) is 32.2 Å². The Morgan fingerprint density at radius 1 is 1.11 bits per heavy atom. The molecule has 1 saturated carbocycles. The molecule has 1 amide bonds. The van der Waals surface area contributed by atoms with E-state index in [1.807, 2.05) is 55.5 Å². The van der Waals surface area contributed by atoms with Crippen LogP contribution < -0.4 is 5.32 Å². The number of benzene rings is 2. The van der Waals surface area contributed by atoms with Gasteiger partial charge in [0.2, 0.25) is 5.91 Å². The number of thioether (sulfide) groups is 1. The molecule has 1 aliphatic carbocycles. The van der Waals surface area contributed by atoms with E-state index in [-0.39, 0.29) is 11.2 Å². The molecule has 2 aromatic carbocycles. The molecule has 6 heteroatoms. The van der Waals surface area contributed by atoms with Gasteiger partial charge in [-0.15, -0.1) is 10.2 Å². The molecular formula is C21H22N4OS. The van der Waals surface area contributed by atoms with Crippen LogP contribution in [0, 0.1) is 0 Å². The Labute approximate surface area is 163 Å². The number of hydrogen-bond acceptors (Lipinski definition) is 4. The molecule has 0 aliphatic heterocycles. The molecular weight excluding hydrogens is 356 g/mol. The summed E-state index contributed by atoms with van der Waals surface area (Å²) >= 11 is 1.45. The Kier molecular flexibility index (Phi) is 5.25. The summed E-state index contributed by atoms with van der Waals surface area (Å²) in [7, 11) is 0. The Balaban J connectivity index is 1.61. The third-order valence-corrected chi connectivity index (χ3v) is 5.54. The maximum absolute atomic E-state index is 12.4. The van der Waals surface area contributed by atoms with Crippen LogP contribution in [0.4, 0.5) is 0 Å². The van der Waals surface area contributed by atoms with Gasteiger partial charge in [-0.3, -0.25) is 9.36 Å². The lowest BCUT2D eigenvalue weighted by Crippen LogP contribution is -2.32. The monoisotopic (exact) mass is 378 g/mol. The van der Waals surface area contributed by atoms with Gasteiger partial charge in [-0.05, 0) is 37.5 Å². The van der Waals surface area contributed by atoms with Crippen molar-refractivity contribution in [2.45, 2.75) is 42.6 Å². The second-order valence-corrected chi connectivity index (χ2v) is 8.08. The highest BCUT2D eigenvalue weighted by Gasteiger charge is 2.27. The highest BCUT2D eigenvalue weighted by atomic mass is 32.2. The summed E-state index contributed by atoms with van der Waals surface area (Å²) in [6.07, 6.45) is 2.86. The number of rotatable bonds is 7. The van der Waals surface area contributed by atoms with Crippen molar-refractivity contribution in [2.75, 3.05) is 0 Å². The summed E-state index contributed by atoms with van der Waals surface area (Å²) in [4.78, 5) is 12.4. The minimum Gasteiger partial charge on any atom is -0.352 e. The quantitative estimate of drug-likeness (QED) is 0.638. The Morgan fingerprint density at radius 2 is 1.78 bits per heavy atom. The van der Waals surface area contributed by atoms with Gasteiger partial charge in [-0.1, -0.05) is 60.3 Å². The highest BCUT2D eigenvalue weighted by Crippen LogP contribution is 2.28. The van der Waals surface area contributed by atoms with E-state index in [4.69, 9.17) is 0 Å². The molecule has 1 heterocycles. The lowest BCUT2D eigenvalue weighted by Gasteiger charge is -2.13. The molecule has 1 unspecified atom stereocenters. The molecule has 4 rings (SSSR count). The van der Waals surface area contributed by atoms with Crippen LogP contribution in [0.25, 0.3) is 5.69 Å². The summed E-state index contributed by atoms with van der Waals surface area (Å²) in [6, 6.07) is 20.7. The van der Waals surface area contributed by atoms with Gasteiger partial charge in [-0.25, -0.2) is 0 Å². The molecule has 0 radical (unpaired) electrons. The fraction of sp³-hybridized carbons (Fsp3) is 0.286. The summed E-state index contributed by atoms with van der Waals surface area (Å²) in [5.41, 5.74) is 2.18. The van der Waals surface area contributed by atoms with Crippen LogP contribution in [0.3, 0.4) is 0 Å². The molecule has 1 aromatic heterocycles. The van der Waals surface area contributed by atoms with E-state index in [9.17, 15) is 4.79 Å². The summed E-state index contributed by atoms with van der Waals surface area (Å²) in [5.74, 6) is 0.930. The molecule has 1 aliphatic rings. The number of nitrogens with zero attached hydrogens (tertiary/aromatic N) is 3. The Bertz CT molecular complexity index is 906. The molecule has 0 bridgehead atoms. The van der Waals surface area contributed by atoms with Crippen LogP contribution >= 0.6 is 11.8 Å². The van der Waals surface area contributed by atoms with Crippen LogP contribution in [0.2, 0.25) is 0 Å². The zero-order chi connectivity index (χ0) is 18.6. The summed E-state index contributed by atoms with van der Waals surface area (Å²) in [6.45, 7) is 1.92. The number of aromatic nitrogens is 3. The smallest absolute Gasteiger partial charge is 0.233 e. The SMILES string of the molecule is CC(Sc1nnc(Cc2ccccc2)n1-c1ccccc1)C(=O)NC1CC1. The van der Waals surface area contributed by atoms with Crippen molar-refractivity contribution in [3.05, 3.63) is 72.1 Å². The molecule has 1 fully saturated rings. The van der Waals surface area contributed by atoms with Crippen molar-refractivity contribution < 1.29 is 4.79 Å². The minimum absolute atomic E-state index is 0.0646. The Hall–Kier alpha value is -2.60. The van der Waals surface area contributed by atoms with Gasteiger partial charge >= 0.3 is 0 Å². The second kappa shape index (κ2) is 7.96. The van der Waals surface area contributed by atoms with Crippen molar-refractivity contribution in [3.8, 4) is 5.69 Å². The predicted molar refractivity (Wildman–Crippen MR) is 107 cm³/mol. The second-order valence-electron chi connectivity index (χ2n) is 6.78. The first-order chi connectivity index (χ1) is 13.2. The third-order valence-electron chi connectivity index (χ3n) is 4.49. The lowest BCUT2D eigenvalue weighted by molar-refractivity contribution is -0.120. The van der Waals surface area contributed by atoms with Gasteiger partial charge < -0.3 is 5.32 Å². The van der Waals surface area contributed by atoms with Gasteiger partial charge in [0, 0.05) is 18.2 Å². The topological polar surface area (TPSA) is 59.8 Å². The van der Waals surface area contributed by atoms with Gasteiger partial charge in [0.15, 0.2) is 5.16 Å². The number of hydrogen-bond donors (Lipinski definition) is 1. The van der Waals surface area contributed by atoms with Crippen LogP contribution in [-0.2, 0) is 11.2 Å². The van der Waals surface area contributed by atoms with Crippen LogP contribution in [0.15, 0.2) is 65.8 Å². The van der Waals surface area contributed by atoms with E-state index in [0.717, 1.165) is 29.5 Å². The van der Waals surface area contributed by atoms with Crippen LogP contribution in [-0.4, -0.2) is 32.0 Å². The molecule has 27 heavy (non-hydrogen) atoms. The maximum Gasteiger partial charge on any atom is 0.233 e. The zero-order valence-corrected chi connectivity index (χ0v) is 16.0. The molecule has 138 valence electrons. The first-order valence-electron chi connectivity index (χ1n) is 9.21. The minimum atomic E-state index is -0.221. The lowest BCUT2D eigenvalue weighted by atomic mass is 10.1. The van der Waals surface area contributed by atoms with Crippen LogP contribution in [0.5, 0.6) is 0 Å². The average Bonchev–Trinajstić information content (AvgIpc) is 3.43. The highest BCUT2D eigenvalue weighted by molar-refractivity contribution is 8.00. The third kappa shape index (κ3) is 4.39. The van der Waals surface area contributed by atoms with Crippen molar-refractivity contribution in [2.24, 2.45) is 0 Å². The first-order valence-corrected chi connectivity index (χ1v) is 10.1. The normalized spacial score (nSPS) is 14.7. The molecule has 1 N–H and O–H groups in total. The van der Waals surface area contributed by atoms with Gasteiger partial charge in [0.25, 0.3) is 0 Å². The van der Waals surface area contributed by atoms with Gasteiger partial charge in [0.05, 0.1) is 5.25 Å². The summed E-state index contributed by atoms with van der Waals surface area (Å²) < 4.78 is 2.05. The molecule has 5 nitrogen and oxygen atoms in total. The summed E-state index contributed by atoms with van der Waals surface area (Å²) in [5, 5.41) is 12.4. The molecule has 0 spiro atoms. The van der Waals surface area contributed by atoms with E-state index >= 15 is 0 Å². The van der Waals surface area contributed by atoms with Crippen molar-refractivity contribution in [3.63, 3.8) is 0 Å². The molecule has 3 aromatic rings. The van der Waals surface area contributed by atoms with Gasteiger partial charge in [-0.2, -0.15) is 0 Å². The number of nitrogens with one attached hydrogen (secondary N) is 1. The van der Waals surface area contributed by atoms with E-state index in [1.165, 1.54) is 17.3 Å². The molecule has 0 saturated heterocycles. The average molecular weight is 379 g/mol. The van der Waals surface area contributed by atoms with E-state index < -0.39 is 0 Å². The maximum atomic E-state index is 12.4. The number of carbonyl (C=O) groups excluding carboxylic acids is 1. The van der Waals surface area contributed by atoms with E-state index in [0.29, 0.717) is 12.5 Å². The van der Waals surface area contributed by atoms with Crippen LogP contribution in [0.1, 0.15) is 31.2 Å². The van der Waals surface area contributed by atoms with Crippen molar-refractivity contribution in [1.29, 1.82) is 0 Å². The van der Waals surface area contributed by atoms with Crippen molar-refractivity contribution >= 4 is 17.7 Å². The number of amides is 1. The number of carbonyl (C=O) groups is 1. The molecule has 1 atom stereocenters.